The second-order valence-electron chi connectivity index (χ2n) is 9.27. The summed E-state index contributed by atoms with van der Waals surface area (Å²) in [5.74, 6) is -1.20. The molecule has 0 radical (unpaired) electrons. The Morgan fingerprint density at radius 3 is 2.25 bits per heavy atom. The summed E-state index contributed by atoms with van der Waals surface area (Å²) in [6, 6.07) is 32.9. The van der Waals surface area contributed by atoms with Crippen molar-refractivity contribution in [1.82, 2.24) is 9.97 Å². The van der Waals surface area contributed by atoms with Crippen molar-refractivity contribution in [1.29, 1.82) is 0 Å². The second kappa shape index (κ2) is 10.5. The molecule has 0 spiro atoms. The molecule has 40 heavy (non-hydrogen) atoms. The molecule has 4 nitrogen and oxygen atoms in total. The van der Waals surface area contributed by atoms with Gasteiger partial charge in [0.2, 0.25) is 0 Å². The highest BCUT2D eigenvalue weighted by Crippen LogP contribution is 2.41. The Balaban J connectivity index is 1.45. The van der Waals surface area contributed by atoms with Gasteiger partial charge in [-0.15, -0.1) is 11.8 Å². The number of hydrogen-bond acceptors (Lipinski definition) is 3. The van der Waals surface area contributed by atoms with Gasteiger partial charge in [0.25, 0.3) is 0 Å². The van der Waals surface area contributed by atoms with Crippen LogP contribution in [-0.2, 0) is 10.5 Å². The van der Waals surface area contributed by atoms with E-state index in [0.29, 0.717) is 0 Å². The highest BCUT2D eigenvalue weighted by molar-refractivity contribution is 7.98. The van der Waals surface area contributed by atoms with Gasteiger partial charge in [0.1, 0.15) is 5.65 Å². The topological polar surface area (TPSA) is 57.8 Å². The lowest BCUT2D eigenvalue weighted by molar-refractivity contribution is -0.167. The van der Waals surface area contributed by atoms with Gasteiger partial charge < -0.3 is 10.3 Å². The third-order valence-corrected chi connectivity index (χ3v) is 7.69. The number of halogens is 3. The fourth-order valence-electron chi connectivity index (χ4n) is 4.73. The fraction of sp³-hybridized carbons (Fsp3) is 0.0625. The van der Waals surface area contributed by atoms with E-state index in [9.17, 15) is 18.0 Å². The molecule has 0 saturated heterocycles. The van der Waals surface area contributed by atoms with Crippen LogP contribution in [0, 0.1) is 0 Å². The number of amides is 1. The van der Waals surface area contributed by atoms with Crippen molar-refractivity contribution in [3.05, 3.63) is 115 Å². The molecule has 198 valence electrons. The molecule has 2 heterocycles. The molecule has 0 bridgehead atoms. The minimum Gasteiger partial charge on any atom is -0.339 e. The van der Waals surface area contributed by atoms with Crippen molar-refractivity contribution in [2.24, 2.45) is 0 Å². The maximum atomic E-state index is 12.7. The van der Waals surface area contributed by atoms with E-state index in [0.717, 1.165) is 49.9 Å². The first-order chi connectivity index (χ1) is 19.4. The number of carbonyl (C=O) groups is 1. The summed E-state index contributed by atoms with van der Waals surface area (Å²) < 4.78 is 38.1. The number of benzene rings is 4. The molecule has 1 amide bonds. The van der Waals surface area contributed by atoms with Gasteiger partial charge in [-0.2, -0.15) is 13.2 Å². The molecule has 0 fully saturated rings. The maximum absolute atomic E-state index is 12.7. The molecular formula is C32H22F3N3OS. The summed E-state index contributed by atoms with van der Waals surface area (Å²) >= 11 is 1.77. The Morgan fingerprint density at radius 2 is 1.55 bits per heavy atom. The third kappa shape index (κ3) is 5.18. The van der Waals surface area contributed by atoms with Crippen molar-refractivity contribution in [2.45, 2.75) is 16.8 Å². The maximum Gasteiger partial charge on any atom is 0.471 e. The van der Waals surface area contributed by atoms with Crippen molar-refractivity contribution >= 4 is 45.3 Å². The largest absolute Gasteiger partial charge is 0.471 e. The molecule has 6 aromatic rings. The van der Waals surface area contributed by atoms with Gasteiger partial charge in [-0.1, -0.05) is 66.7 Å². The lowest BCUT2D eigenvalue weighted by Crippen LogP contribution is -2.29. The van der Waals surface area contributed by atoms with Gasteiger partial charge in [-0.25, -0.2) is 4.98 Å². The Bertz CT molecular complexity index is 1820. The van der Waals surface area contributed by atoms with Crippen LogP contribution in [0.4, 0.5) is 18.9 Å². The van der Waals surface area contributed by atoms with Crippen LogP contribution < -0.4 is 5.32 Å². The number of nitrogens with zero attached hydrogens (tertiary/aromatic N) is 1. The molecule has 4 aromatic carbocycles. The van der Waals surface area contributed by atoms with E-state index in [2.05, 4.69) is 35.3 Å². The van der Waals surface area contributed by atoms with Crippen LogP contribution >= 0.6 is 11.8 Å². The van der Waals surface area contributed by atoms with Gasteiger partial charge >= 0.3 is 12.1 Å². The molecule has 0 saturated carbocycles. The van der Waals surface area contributed by atoms with Gasteiger partial charge in [-0.05, 0) is 53.1 Å². The summed E-state index contributed by atoms with van der Waals surface area (Å²) in [5.41, 5.74) is 6.52. The van der Waals surface area contributed by atoms with Gasteiger partial charge in [0.15, 0.2) is 0 Å². The average Bonchev–Trinajstić information content (AvgIpc) is 3.34. The minimum absolute atomic E-state index is 0.0639. The molecule has 2 aromatic heterocycles. The Morgan fingerprint density at radius 1 is 0.850 bits per heavy atom. The molecule has 0 aliphatic carbocycles. The summed E-state index contributed by atoms with van der Waals surface area (Å²) in [4.78, 5) is 20.7. The zero-order valence-corrected chi connectivity index (χ0v) is 21.8. The SMILES string of the molecule is O=C(Nc1ccc(-c2cnc3[nH]c4ccc(CSc5ccccc5)cc4c3c2-c2ccccc2)cc1)C(F)(F)F. The van der Waals surface area contributed by atoms with E-state index in [4.69, 9.17) is 4.98 Å². The van der Waals surface area contributed by atoms with E-state index in [1.165, 1.54) is 22.6 Å². The normalized spacial score (nSPS) is 11.7. The van der Waals surface area contributed by atoms with Crippen molar-refractivity contribution in [2.75, 3.05) is 5.32 Å². The van der Waals surface area contributed by atoms with Crippen molar-refractivity contribution in [3.63, 3.8) is 0 Å². The van der Waals surface area contributed by atoms with Gasteiger partial charge in [-0.3, -0.25) is 4.79 Å². The molecule has 0 aliphatic rings. The number of nitrogens with one attached hydrogen (secondary N) is 2. The number of fused-ring (bicyclic) bond motifs is 3. The number of aromatic nitrogens is 2. The third-order valence-electron chi connectivity index (χ3n) is 6.61. The summed E-state index contributed by atoms with van der Waals surface area (Å²) in [6.07, 6.45) is -3.18. The molecule has 0 aliphatic heterocycles. The van der Waals surface area contributed by atoms with E-state index >= 15 is 0 Å². The highest BCUT2D eigenvalue weighted by Gasteiger charge is 2.38. The zero-order valence-electron chi connectivity index (χ0n) is 21.0. The van der Waals surface area contributed by atoms with Crippen LogP contribution in [0.1, 0.15) is 5.56 Å². The first-order valence-corrected chi connectivity index (χ1v) is 13.5. The monoisotopic (exact) mass is 553 g/mol. The van der Waals surface area contributed by atoms with Crippen LogP contribution in [-0.4, -0.2) is 22.1 Å². The quantitative estimate of drug-likeness (QED) is 0.203. The number of rotatable bonds is 6. The Hall–Kier alpha value is -4.56. The first kappa shape index (κ1) is 25.7. The number of alkyl halides is 3. The lowest BCUT2D eigenvalue weighted by atomic mass is 9.92. The second-order valence-corrected chi connectivity index (χ2v) is 10.3. The van der Waals surface area contributed by atoms with Crippen LogP contribution in [0.15, 0.2) is 114 Å². The van der Waals surface area contributed by atoms with Gasteiger partial charge in [0.05, 0.1) is 0 Å². The molecule has 6 rings (SSSR count). The van der Waals surface area contributed by atoms with Crippen molar-refractivity contribution < 1.29 is 18.0 Å². The van der Waals surface area contributed by atoms with E-state index in [1.807, 2.05) is 53.8 Å². The summed E-state index contributed by atoms with van der Waals surface area (Å²) in [7, 11) is 0. The average molecular weight is 554 g/mol. The fourth-order valence-corrected chi connectivity index (χ4v) is 5.60. The Kier molecular flexibility index (Phi) is 6.77. The molecule has 2 N–H and O–H groups in total. The smallest absolute Gasteiger partial charge is 0.339 e. The van der Waals surface area contributed by atoms with E-state index in [1.54, 1.807) is 30.1 Å². The number of H-pyrrole nitrogens is 1. The highest BCUT2D eigenvalue weighted by atomic mass is 32.2. The predicted octanol–water partition coefficient (Wildman–Crippen LogP) is 8.84. The zero-order chi connectivity index (χ0) is 27.7. The standard InChI is InChI=1S/C32H22F3N3OS/c33-32(34,35)31(39)37-23-14-12-21(13-15-23)26-18-36-30-29(28(26)22-7-3-1-4-8-22)25-17-20(11-16-27(25)38-30)19-40-24-9-5-2-6-10-24/h1-18H,19H2,(H,36,38)(H,37,39). The summed E-state index contributed by atoms with van der Waals surface area (Å²) in [6.45, 7) is 0. The number of carbonyl (C=O) groups excluding carboxylic acids is 1. The number of thioether (sulfide) groups is 1. The van der Waals surface area contributed by atoms with Crippen molar-refractivity contribution in [3.8, 4) is 22.3 Å². The van der Waals surface area contributed by atoms with Crippen LogP contribution in [0.2, 0.25) is 0 Å². The molecule has 0 atom stereocenters. The molecule has 8 heteroatoms. The molecular weight excluding hydrogens is 531 g/mol. The van der Waals surface area contributed by atoms with Crippen LogP contribution in [0.5, 0.6) is 0 Å². The van der Waals surface area contributed by atoms with E-state index in [-0.39, 0.29) is 5.69 Å². The Labute approximate surface area is 232 Å². The molecule has 0 unspecified atom stereocenters. The number of hydrogen-bond donors (Lipinski definition) is 2. The lowest BCUT2D eigenvalue weighted by Gasteiger charge is -2.13. The number of pyridine rings is 1. The summed E-state index contributed by atoms with van der Waals surface area (Å²) in [5, 5.41) is 3.92. The predicted molar refractivity (Wildman–Crippen MR) is 155 cm³/mol. The van der Waals surface area contributed by atoms with E-state index < -0.39 is 12.1 Å². The number of aromatic amines is 1. The first-order valence-electron chi connectivity index (χ1n) is 12.5. The van der Waals surface area contributed by atoms with Crippen LogP contribution in [0.25, 0.3) is 44.2 Å². The number of anilines is 1. The van der Waals surface area contributed by atoms with Gasteiger partial charge in [0, 0.05) is 49.9 Å². The minimum atomic E-state index is -4.96. The van der Waals surface area contributed by atoms with Crippen LogP contribution in [0.3, 0.4) is 0 Å².